The van der Waals surface area contributed by atoms with Crippen molar-refractivity contribution in [1.29, 1.82) is 0 Å². The van der Waals surface area contributed by atoms with Gasteiger partial charge in [-0.2, -0.15) is 0 Å². The molecule has 3 aromatic carbocycles. The Kier molecular flexibility index (Phi) is 5.46. The average molecular weight is 526 g/mol. The van der Waals surface area contributed by atoms with Crippen molar-refractivity contribution in [2.24, 2.45) is 5.92 Å². The van der Waals surface area contributed by atoms with Crippen LogP contribution in [0, 0.1) is 16.0 Å². The summed E-state index contributed by atoms with van der Waals surface area (Å²) in [5.74, 6) is 0.379. The maximum Gasteiger partial charge on any atom is 0.271 e. The quantitative estimate of drug-likeness (QED) is 0.242. The highest BCUT2D eigenvalue weighted by molar-refractivity contribution is 9.10. The Morgan fingerprint density at radius 2 is 1.85 bits per heavy atom. The summed E-state index contributed by atoms with van der Waals surface area (Å²) >= 11 is 3.48. The Morgan fingerprint density at radius 3 is 2.61 bits per heavy atom. The topological polar surface area (TPSA) is 101 Å². The molecule has 0 saturated carbocycles. The number of benzene rings is 3. The second-order valence-electron chi connectivity index (χ2n) is 8.19. The van der Waals surface area contributed by atoms with Gasteiger partial charge >= 0.3 is 0 Å². The highest BCUT2D eigenvalue weighted by atomic mass is 79.9. The minimum Gasteiger partial charge on any atom is -0.378 e. The number of sulfonamides is 1. The van der Waals surface area contributed by atoms with Gasteiger partial charge in [-0.1, -0.05) is 46.3 Å². The third-order valence-electron chi connectivity index (χ3n) is 6.18. The minimum absolute atomic E-state index is 0.0999. The van der Waals surface area contributed by atoms with Crippen LogP contribution >= 0.6 is 15.9 Å². The molecule has 5 rings (SSSR count). The maximum absolute atomic E-state index is 13.1. The second kappa shape index (κ2) is 8.31. The molecule has 33 heavy (non-hydrogen) atoms. The average Bonchev–Trinajstić information content (AvgIpc) is 3.29. The van der Waals surface area contributed by atoms with Crippen LogP contribution in [0.25, 0.3) is 0 Å². The van der Waals surface area contributed by atoms with Crippen LogP contribution in [-0.2, 0) is 10.0 Å². The lowest BCUT2D eigenvalue weighted by molar-refractivity contribution is -0.384. The van der Waals surface area contributed by atoms with Gasteiger partial charge in [0.1, 0.15) is 0 Å². The van der Waals surface area contributed by atoms with Crippen LogP contribution < -0.4 is 10.0 Å². The van der Waals surface area contributed by atoms with E-state index in [2.05, 4.69) is 50.3 Å². The number of halogens is 1. The van der Waals surface area contributed by atoms with Gasteiger partial charge in [-0.05, 0) is 59.9 Å². The van der Waals surface area contributed by atoms with Crippen molar-refractivity contribution in [2.75, 3.05) is 10.0 Å². The van der Waals surface area contributed by atoms with E-state index < -0.39 is 14.9 Å². The van der Waals surface area contributed by atoms with E-state index in [0.717, 1.165) is 22.1 Å². The molecule has 0 unspecified atom stereocenters. The SMILES string of the molecule is O=[N+]([O-])c1cccc(NS(=O)(=O)c2ccc3c(c2)[C@H]2C=CC[C@H]2[C@@H](c2ccc(Br)cc2)N3)c1. The van der Waals surface area contributed by atoms with E-state index in [1.807, 2.05) is 12.1 Å². The molecule has 0 bridgehead atoms. The predicted molar refractivity (Wildman–Crippen MR) is 131 cm³/mol. The Labute approximate surface area is 199 Å². The van der Waals surface area contributed by atoms with Crippen LogP contribution in [0.2, 0.25) is 0 Å². The molecule has 0 radical (unpaired) electrons. The summed E-state index contributed by atoms with van der Waals surface area (Å²) in [5.41, 5.74) is 3.00. The zero-order valence-electron chi connectivity index (χ0n) is 17.3. The van der Waals surface area contributed by atoms with Crippen molar-refractivity contribution < 1.29 is 13.3 Å². The largest absolute Gasteiger partial charge is 0.378 e. The third-order valence-corrected chi connectivity index (χ3v) is 8.09. The molecule has 1 aliphatic heterocycles. The van der Waals surface area contributed by atoms with E-state index >= 15 is 0 Å². The van der Waals surface area contributed by atoms with Crippen molar-refractivity contribution in [2.45, 2.75) is 23.3 Å². The number of allylic oxidation sites excluding steroid dienone is 2. The first-order valence-corrected chi connectivity index (χ1v) is 12.7. The van der Waals surface area contributed by atoms with Crippen molar-refractivity contribution in [1.82, 2.24) is 0 Å². The summed E-state index contributed by atoms with van der Waals surface area (Å²) in [6, 6.07) is 18.9. The standard InChI is InChI=1S/C24H20BrN3O4S/c25-16-9-7-15(8-10-16)24-21-6-2-5-20(21)22-14-19(11-12-23(22)26-24)33(31,32)27-17-3-1-4-18(13-17)28(29)30/h1-5,7-14,20-21,24,26-27H,6H2/t20-,21+,24+/m0/s1. The first-order chi connectivity index (χ1) is 15.8. The zero-order valence-corrected chi connectivity index (χ0v) is 19.7. The van der Waals surface area contributed by atoms with Crippen LogP contribution in [-0.4, -0.2) is 13.3 Å². The molecule has 168 valence electrons. The van der Waals surface area contributed by atoms with Gasteiger partial charge in [-0.25, -0.2) is 8.42 Å². The Hall–Kier alpha value is -3.17. The molecule has 0 amide bonds. The summed E-state index contributed by atoms with van der Waals surface area (Å²) in [6.07, 6.45) is 5.21. The van der Waals surface area contributed by atoms with Crippen LogP contribution in [0.3, 0.4) is 0 Å². The van der Waals surface area contributed by atoms with Gasteiger partial charge in [0.25, 0.3) is 15.7 Å². The highest BCUT2D eigenvalue weighted by Gasteiger charge is 2.38. The lowest BCUT2D eigenvalue weighted by atomic mass is 9.77. The lowest BCUT2D eigenvalue weighted by Gasteiger charge is -2.37. The molecule has 0 fully saturated rings. The molecular formula is C24H20BrN3O4S. The normalized spacial score (nSPS) is 21.1. The Balaban J connectivity index is 1.47. The van der Waals surface area contributed by atoms with E-state index in [0.29, 0.717) is 0 Å². The number of rotatable bonds is 5. The molecule has 9 heteroatoms. The number of nitro groups is 1. The fraction of sp³-hybridized carbons (Fsp3) is 0.167. The summed E-state index contributed by atoms with van der Waals surface area (Å²) < 4.78 is 29.6. The van der Waals surface area contributed by atoms with Gasteiger partial charge in [-0.15, -0.1) is 0 Å². The van der Waals surface area contributed by atoms with Crippen LogP contribution in [0.4, 0.5) is 17.1 Å². The van der Waals surface area contributed by atoms with E-state index in [1.165, 1.54) is 29.8 Å². The number of non-ortho nitro benzene ring substituents is 1. The number of hydrogen-bond acceptors (Lipinski definition) is 5. The van der Waals surface area contributed by atoms with Gasteiger partial charge < -0.3 is 5.32 Å². The molecule has 0 spiro atoms. The molecule has 0 aromatic heterocycles. The number of nitrogens with zero attached hydrogens (tertiary/aromatic N) is 1. The number of fused-ring (bicyclic) bond motifs is 3. The predicted octanol–water partition coefficient (Wildman–Crippen LogP) is 5.98. The lowest BCUT2D eigenvalue weighted by Crippen LogP contribution is -2.29. The Bertz CT molecular complexity index is 1370. The molecule has 3 atom stereocenters. The molecule has 2 N–H and O–H groups in total. The van der Waals surface area contributed by atoms with Gasteiger partial charge in [0.05, 0.1) is 21.5 Å². The maximum atomic E-state index is 13.1. The van der Waals surface area contributed by atoms with Gasteiger partial charge in [0.15, 0.2) is 0 Å². The highest BCUT2D eigenvalue weighted by Crippen LogP contribution is 2.50. The number of anilines is 2. The summed E-state index contributed by atoms with van der Waals surface area (Å²) in [7, 11) is -3.92. The molecule has 7 nitrogen and oxygen atoms in total. The van der Waals surface area contributed by atoms with E-state index in [1.54, 1.807) is 18.2 Å². The van der Waals surface area contributed by atoms with Crippen molar-refractivity contribution in [3.8, 4) is 0 Å². The molecule has 0 saturated heterocycles. The van der Waals surface area contributed by atoms with Crippen molar-refractivity contribution in [3.05, 3.63) is 105 Å². The van der Waals surface area contributed by atoms with Crippen molar-refractivity contribution >= 4 is 43.0 Å². The third kappa shape index (κ3) is 4.14. The first kappa shape index (κ1) is 21.7. The minimum atomic E-state index is -3.92. The molecule has 2 aliphatic rings. The number of nitrogens with one attached hydrogen (secondary N) is 2. The molecule has 1 heterocycles. The summed E-state index contributed by atoms with van der Waals surface area (Å²) in [5, 5.41) is 14.6. The van der Waals surface area contributed by atoms with Gasteiger partial charge in [-0.3, -0.25) is 14.8 Å². The first-order valence-electron chi connectivity index (χ1n) is 10.4. The summed E-state index contributed by atoms with van der Waals surface area (Å²) in [6.45, 7) is 0. The summed E-state index contributed by atoms with van der Waals surface area (Å²) in [4.78, 5) is 10.6. The molecular weight excluding hydrogens is 506 g/mol. The zero-order chi connectivity index (χ0) is 23.2. The fourth-order valence-electron chi connectivity index (χ4n) is 4.64. The van der Waals surface area contributed by atoms with Gasteiger partial charge in [0, 0.05) is 28.2 Å². The van der Waals surface area contributed by atoms with Gasteiger partial charge in [0.2, 0.25) is 0 Å². The van der Waals surface area contributed by atoms with Crippen LogP contribution in [0.5, 0.6) is 0 Å². The Morgan fingerprint density at radius 1 is 1.06 bits per heavy atom. The number of hydrogen-bond donors (Lipinski definition) is 2. The smallest absolute Gasteiger partial charge is 0.271 e. The van der Waals surface area contributed by atoms with Crippen LogP contribution in [0.15, 0.2) is 88.3 Å². The van der Waals surface area contributed by atoms with E-state index in [9.17, 15) is 18.5 Å². The van der Waals surface area contributed by atoms with E-state index in [-0.39, 0.29) is 34.1 Å². The van der Waals surface area contributed by atoms with Crippen molar-refractivity contribution in [3.63, 3.8) is 0 Å². The van der Waals surface area contributed by atoms with E-state index in [4.69, 9.17) is 0 Å². The molecule has 1 aliphatic carbocycles. The monoisotopic (exact) mass is 525 g/mol. The second-order valence-corrected chi connectivity index (χ2v) is 10.8. The molecule has 3 aromatic rings. The number of nitro benzene ring substituents is 1. The fourth-order valence-corrected chi connectivity index (χ4v) is 5.99. The van der Waals surface area contributed by atoms with Crippen LogP contribution in [0.1, 0.15) is 29.5 Å².